The van der Waals surface area contributed by atoms with Crippen molar-refractivity contribution in [2.24, 2.45) is 0 Å². The van der Waals surface area contributed by atoms with E-state index in [2.05, 4.69) is 20.5 Å². The van der Waals surface area contributed by atoms with Gasteiger partial charge in [-0.15, -0.1) is 11.3 Å². The summed E-state index contributed by atoms with van der Waals surface area (Å²) in [7, 11) is 3.28. The highest BCUT2D eigenvalue weighted by Crippen LogP contribution is 2.41. The number of nitrogens with zero attached hydrogens (tertiary/aromatic N) is 4. The summed E-state index contributed by atoms with van der Waals surface area (Å²) in [6.45, 7) is 9.57. The van der Waals surface area contributed by atoms with Gasteiger partial charge in [-0.25, -0.2) is 9.97 Å². The zero-order valence-corrected chi connectivity index (χ0v) is 20.7. The number of hydrogen-bond acceptors (Lipinski definition) is 8. The molecule has 1 amide bonds. The summed E-state index contributed by atoms with van der Waals surface area (Å²) in [6.07, 6.45) is 0. The molecule has 8 nitrogen and oxygen atoms in total. The molecule has 0 unspecified atom stereocenters. The molecule has 0 aliphatic carbocycles. The van der Waals surface area contributed by atoms with E-state index in [4.69, 9.17) is 19.4 Å². The van der Waals surface area contributed by atoms with Gasteiger partial charge in [0.1, 0.15) is 16.5 Å². The first-order valence-corrected chi connectivity index (χ1v) is 12.0. The summed E-state index contributed by atoms with van der Waals surface area (Å²) in [5, 5.41) is 6.17. The van der Waals surface area contributed by atoms with Crippen molar-refractivity contribution in [2.75, 3.05) is 51.8 Å². The van der Waals surface area contributed by atoms with Crippen LogP contribution in [0.4, 0.5) is 5.82 Å². The molecule has 0 bridgehead atoms. The zero-order chi connectivity index (χ0) is 23.5. The number of carbonyl (C=O) groups is 1. The maximum absolute atomic E-state index is 12.2. The first-order valence-electron chi connectivity index (χ1n) is 11.1. The third-order valence-corrected chi connectivity index (χ3v) is 6.58. The van der Waals surface area contributed by atoms with Gasteiger partial charge in [0.15, 0.2) is 11.5 Å². The van der Waals surface area contributed by atoms with Crippen molar-refractivity contribution in [1.29, 1.82) is 0 Å². The molecule has 0 radical (unpaired) electrons. The minimum atomic E-state index is 0.0762. The Kier molecular flexibility index (Phi) is 6.99. The van der Waals surface area contributed by atoms with E-state index in [9.17, 15) is 4.79 Å². The van der Waals surface area contributed by atoms with Crippen LogP contribution < -0.4 is 19.7 Å². The van der Waals surface area contributed by atoms with Crippen molar-refractivity contribution >= 4 is 33.3 Å². The average molecular weight is 470 g/mol. The number of benzene rings is 1. The second-order valence-electron chi connectivity index (χ2n) is 8.48. The minimum Gasteiger partial charge on any atom is -0.493 e. The first-order chi connectivity index (χ1) is 15.9. The molecule has 0 saturated carbocycles. The molecule has 2 aromatic heterocycles. The number of carbonyl (C=O) groups excluding carboxylic acids is 1. The highest BCUT2D eigenvalue weighted by Gasteiger charge is 2.24. The standard InChI is InChI=1S/C24H31N5O3S/c1-15(2)25-21(30)13-28-8-10-29(11-9-28)23-22-18(14-33-24(22)27-16(3)26-23)17-6-7-19(31-4)20(12-17)32-5/h6-7,12,14-15H,8-11,13H2,1-5H3,(H,25,30). The molecule has 1 aromatic carbocycles. The number of aromatic nitrogens is 2. The average Bonchev–Trinajstić information content (AvgIpc) is 3.21. The van der Waals surface area contributed by atoms with E-state index in [-0.39, 0.29) is 11.9 Å². The number of fused-ring (bicyclic) bond motifs is 1. The monoisotopic (exact) mass is 469 g/mol. The maximum atomic E-state index is 12.2. The van der Waals surface area contributed by atoms with Crippen molar-refractivity contribution in [2.45, 2.75) is 26.8 Å². The van der Waals surface area contributed by atoms with Crippen molar-refractivity contribution in [1.82, 2.24) is 20.2 Å². The van der Waals surface area contributed by atoms with Gasteiger partial charge in [-0.05, 0) is 38.5 Å². The smallest absolute Gasteiger partial charge is 0.234 e. The topological polar surface area (TPSA) is 79.8 Å². The van der Waals surface area contributed by atoms with Crippen LogP contribution in [-0.4, -0.2) is 73.8 Å². The van der Waals surface area contributed by atoms with Crippen molar-refractivity contribution < 1.29 is 14.3 Å². The van der Waals surface area contributed by atoms with Crippen LogP contribution in [0.2, 0.25) is 0 Å². The lowest BCUT2D eigenvalue weighted by Gasteiger charge is -2.35. The molecule has 9 heteroatoms. The minimum absolute atomic E-state index is 0.0762. The van der Waals surface area contributed by atoms with Crippen LogP contribution in [0.1, 0.15) is 19.7 Å². The number of amides is 1. The number of thiophene rings is 1. The number of methoxy groups -OCH3 is 2. The van der Waals surface area contributed by atoms with E-state index in [0.717, 1.165) is 59.2 Å². The van der Waals surface area contributed by atoms with Crippen molar-refractivity contribution in [3.8, 4) is 22.6 Å². The number of hydrogen-bond donors (Lipinski definition) is 1. The zero-order valence-electron chi connectivity index (χ0n) is 19.8. The second kappa shape index (κ2) is 9.93. The quantitative estimate of drug-likeness (QED) is 0.569. The summed E-state index contributed by atoms with van der Waals surface area (Å²) in [6, 6.07) is 6.12. The first kappa shape index (κ1) is 23.3. The predicted molar refractivity (Wildman–Crippen MR) is 133 cm³/mol. The Morgan fingerprint density at radius 2 is 1.85 bits per heavy atom. The molecule has 0 atom stereocenters. The summed E-state index contributed by atoms with van der Waals surface area (Å²) in [5.74, 6) is 3.18. The highest BCUT2D eigenvalue weighted by atomic mass is 32.1. The van der Waals surface area contributed by atoms with Gasteiger partial charge in [0.05, 0.1) is 26.2 Å². The lowest BCUT2D eigenvalue weighted by Crippen LogP contribution is -2.50. The van der Waals surface area contributed by atoms with Gasteiger partial charge >= 0.3 is 0 Å². The van der Waals surface area contributed by atoms with E-state index >= 15 is 0 Å². The summed E-state index contributed by atoms with van der Waals surface area (Å²) in [4.78, 5) is 27.2. The molecule has 1 N–H and O–H groups in total. The number of piperazine rings is 1. The molecule has 176 valence electrons. The number of anilines is 1. The predicted octanol–water partition coefficient (Wildman–Crippen LogP) is 3.33. The Morgan fingerprint density at radius 1 is 1.12 bits per heavy atom. The molecule has 1 fully saturated rings. The molecule has 1 saturated heterocycles. The van der Waals surface area contributed by atoms with Gasteiger partial charge in [-0.3, -0.25) is 9.69 Å². The second-order valence-corrected chi connectivity index (χ2v) is 9.34. The molecule has 1 aliphatic heterocycles. The Labute approximate surface area is 198 Å². The fourth-order valence-corrected chi connectivity index (χ4v) is 5.15. The molecule has 3 aromatic rings. The van der Waals surface area contributed by atoms with Crippen LogP contribution in [0.15, 0.2) is 23.6 Å². The van der Waals surface area contributed by atoms with Crippen molar-refractivity contribution in [3.63, 3.8) is 0 Å². The number of aryl methyl sites for hydroxylation is 1. The van der Waals surface area contributed by atoms with Crippen LogP contribution in [0.5, 0.6) is 11.5 Å². The largest absolute Gasteiger partial charge is 0.493 e. The fraction of sp³-hybridized carbons (Fsp3) is 0.458. The molecular formula is C24H31N5O3S. The Balaban J connectivity index is 1.62. The fourth-order valence-electron chi connectivity index (χ4n) is 4.16. The molecule has 0 spiro atoms. The van der Waals surface area contributed by atoms with Gasteiger partial charge in [-0.1, -0.05) is 6.07 Å². The van der Waals surface area contributed by atoms with Gasteiger partial charge in [0, 0.05) is 43.2 Å². The lowest BCUT2D eigenvalue weighted by atomic mass is 10.0. The molecule has 3 heterocycles. The number of ether oxygens (including phenoxy) is 2. The normalized spacial score (nSPS) is 14.7. The van der Waals surface area contributed by atoms with Gasteiger partial charge in [0.2, 0.25) is 5.91 Å². The SMILES string of the molecule is COc1ccc(-c2csc3nc(C)nc(N4CCN(CC(=O)NC(C)C)CC4)c23)cc1OC. The highest BCUT2D eigenvalue weighted by molar-refractivity contribution is 7.17. The Morgan fingerprint density at radius 3 is 2.52 bits per heavy atom. The third-order valence-electron chi connectivity index (χ3n) is 5.71. The number of rotatable bonds is 7. The van der Waals surface area contributed by atoms with Crippen LogP contribution >= 0.6 is 11.3 Å². The van der Waals surface area contributed by atoms with E-state index in [1.54, 1.807) is 25.6 Å². The molecule has 4 rings (SSSR count). The summed E-state index contributed by atoms with van der Waals surface area (Å²) >= 11 is 1.63. The van der Waals surface area contributed by atoms with Gasteiger partial charge in [0.25, 0.3) is 0 Å². The van der Waals surface area contributed by atoms with Crippen LogP contribution in [0.25, 0.3) is 21.3 Å². The number of nitrogens with one attached hydrogen (secondary N) is 1. The van der Waals surface area contributed by atoms with Crippen LogP contribution in [-0.2, 0) is 4.79 Å². The Bertz CT molecular complexity index is 1140. The van der Waals surface area contributed by atoms with Crippen LogP contribution in [0.3, 0.4) is 0 Å². The van der Waals surface area contributed by atoms with E-state index in [1.165, 1.54) is 0 Å². The molecule has 33 heavy (non-hydrogen) atoms. The lowest BCUT2D eigenvalue weighted by molar-refractivity contribution is -0.122. The van der Waals surface area contributed by atoms with E-state index in [0.29, 0.717) is 18.0 Å². The van der Waals surface area contributed by atoms with Gasteiger partial charge < -0.3 is 19.7 Å². The maximum Gasteiger partial charge on any atom is 0.234 e. The Hall–Kier alpha value is -2.91. The molecule has 1 aliphatic rings. The van der Waals surface area contributed by atoms with Gasteiger partial charge in [-0.2, -0.15) is 0 Å². The van der Waals surface area contributed by atoms with E-state index < -0.39 is 0 Å². The van der Waals surface area contributed by atoms with E-state index in [1.807, 2.05) is 39.0 Å². The third kappa shape index (κ3) is 5.04. The van der Waals surface area contributed by atoms with Crippen molar-refractivity contribution in [3.05, 3.63) is 29.4 Å². The summed E-state index contributed by atoms with van der Waals surface area (Å²) < 4.78 is 10.9. The molecular weight excluding hydrogens is 438 g/mol. The summed E-state index contributed by atoms with van der Waals surface area (Å²) in [5.41, 5.74) is 2.13. The van der Waals surface area contributed by atoms with Crippen LogP contribution in [0, 0.1) is 6.92 Å².